The molecule has 112 valence electrons. The van der Waals surface area contributed by atoms with Gasteiger partial charge in [-0.3, -0.25) is 4.57 Å². The van der Waals surface area contributed by atoms with Crippen LogP contribution in [-0.4, -0.2) is 42.9 Å². The average molecular weight is 310 g/mol. The zero-order chi connectivity index (χ0) is 15.0. The van der Waals surface area contributed by atoms with Crippen molar-refractivity contribution in [1.82, 2.24) is 19.5 Å². The van der Waals surface area contributed by atoms with Gasteiger partial charge in [-0.05, 0) is 24.4 Å². The van der Waals surface area contributed by atoms with Crippen molar-refractivity contribution in [3.63, 3.8) is 0 Å². The van der Waals surface area contributed by atoms with Gasteiger partial charge >= 0.3 is 5.69 Å². The highest BCUT2D eigenvalue weighted by Crippen LogP contribution is 2.19. The van der Waals surface area contributed by atoms with Crippen molar-refractivity contribution in [3.8, 4) is 0 Å². The lowest BCUT2D eigenvalue weighted by atomic mass is 9.98. The summed E-state index contributed by atoms with van der Waals surface area (Å²) < 4.78 is 3.76. The fraction of sp³-hybridized carbons (Fsp3) is 0.538. The quantitative estimate of drug-likeness (QED) is 0.799. The van der Waals surface area contributed by atoms with Gasteiger partial charge in [0.1, 0.15) is 24.4 Å². The molecule has 0 bridgehead atoms. The van der Waals surface area contributed by atoms with Gasteiger partial charge in [-0.25, -0.2) is 19.3 Å². The number of nitrogens with zero attached hydrogens (tertiary/aromatic N) is 4. The first-order valence-electron chi connectivity index (χ1n) is 6.98. The molecule has 2 aromatic heterocycles. The molecule has 1 saturated heterocycles. The third-order valence-corrected chi connectivity index (χ3v) is 4.27. The Morgan fingerprint density at radius 3 is 2.86 bits per heavy atom. The van der Waals surface area contributed by atoms with Crippen molar-refractivity contribution >= 4 is 34.3 Å². The Bertz CT molecular complexity index is 752. The van der Waals surface area contributed by atoms with E-state index in [1.54, 1.807) is 17.2 Å². The highest BCUT2D eigenvalue weighted by molar-refractivity contribution is 6.54. The molecule has 0 saturated carbocycles. The van der Waals surface area contributed by atoms with Gasteiger partial charge in [0.05, 0.1) is 0 Å². The number of aromatic nitrogens is 4. The molecule has 0 aliphatic carbocycles. The number of H-pyrrole nitrogens is 1. The normalized spacial score (nSPS) is 19.1. The number of nitrogens with one attached hydrogen (secondary N) is 1. The summed E-state index contributed by atoms with van der Waals surface area (Å²) in [7, 11) is 0. The van der Waals surface area contributed by atoms with Crippen LogP contribution >= 0.6 is 11.6 Å². The Morgan fingerprint density at radius 2 is 2.19 bits per heavy atom. The summed E-state index contributed by atoms with van der Waals surface area (Å²) in [6.45, 7) is 4.25. The second-order valence-electron chi connectivity index (χ2n) is 5.47. The van der Waals surface area contributed by atoms with Crippen molar-refractivity contribution in [2.24, 2.45) is 5.92 Å². The largest absolute Gasteiger partial charge is 0.382 e. The highest BCUT2D eigenvalue weighted by atomic mass is 35.5. The first kappa shape index (κ1) is 14.1. The summed E-state index contributed by atoms with van der Waals surface area (Å²) >= 11 is 5.72. The smallest absolute Gasteiger partial charge is 0.327 e. The van der Waals surface area contributed by atoms with Gasteiger partial charge in [0, 0.05) is 19.4 Å². The van der Waals surface area contributed by atoms with Crippen molar-refractivity contribution in [2.75, 3.05) is 18.8 Å². The lowest BCUT2D eigenvalue weighted by Gasteiger charge is -2.20. The third-order valence-electron chi connectivity index (χ3n) is 3.99. The van der Waals surface area contributed by atoms with Gasteiger partial charge in [-0.2, -0.15) is 0 Å². The lowest BCUT2D eigenvalue weighted by Crippen LogP contribution is -2.30. The monoisotopic (exact) mass is 309 g/mol. The zero-order valence-corrected chi connectivity index (χ0v) is 12.6. The van der Waals surface area contributed by atoms with Crippen LogP contribution in [0, 0.1) is 12.8 Å². The summed E-state index contributed by atoms with van der Waals surface area (Å²) in [6.07, 6.45) is 2.00. The van der Waals surface area contributed by atoms with E-state index in [0.29, 0.717) is 35.3 Å². The molecular formula is C13H18ClN6O+. The van der Waals surface area contributed by atoms with Crippen molar-refractivity contribution in [3.05, 3.63) is 16.3 Å². The zero-order valence-electron chi connectivity index (χ0n) is 11.8. The van der Waals surface area contributed by atoms with Crippen LogP contribution in [0.25, 0.3) is 11.2 Å². The Kier molecular flexibility index (Phi) is 3.67. The number of imidazole rings is 1. The number of hydrogen-bond acceptors (Lipinski definition) is 4. The number of anilines is 1. The number of piperidine rings is 1. The van der Waals surface area contributed by atoms with Crippen LogP contribution in [0.15, 0.2) is 4.79 Å². The number of fused-ring (bicyclic) bond motifs is 1. The molecule has 3 N–H and O–H groups in total. The molecule has 3 heterocycles. The van der Waals surface area contributed by atoms with Gasteiger partial charge in [0.15, 0.2) is 11.5 Å². The van der Waals surface area contributed by atoms with E-state index in [2.05, 4.69) is 19.5 Å². The van der Waals surface area contributed by atoms with Crippen LogP contribution in [0.1, 0.15) is 18.7 Å². The number of aromatic amines is 1. The number of nitrogen functional groups attached to an aromatic ring is 1. The van der Waals surface area contributed by atoms with Crippen LogP contribution in [0.5, 0.6) is 0 Å². The fourth-order valence-corrected chi connectivity index (χ4v) is 3.02. The molecule has 21 heavy (non-hydrogen) atoms. The van der Waals surface area contributed by atoms with Gasteiger partial charge in [0.2, 0.25) is 5.67 Å². The number of rotatable bonds is 2. The molecule has 8 heteroatoms. The molecular weight excluding hydrogens is 292 g/mol. The maximum Gasteiger partial charge on any atom is 0.327 e. The molecule has 0 unspecified atom stereocenters. The van der Waals surface area contributed by atoms with Crippen LogP contribution in [0.4, 0.5) is 5.82 Å². The van der Waals surface area contributed by atoms with E-state index in [4.69, 9.17) is 17.3 Å². The van der Waals surface area contributed by atoms with Crippen LogP contribution in [-0.2, 0) is 6.54 Å². The molecule has 0 spiro atoms. The Labute approximate surface area is 126 Å². The van der Waals surface area contributed by atoms with Crippen molar-refractivity contribution < 1.29 is 4.58 Å². The molecule has 1 fully saturated rings. The van der Waals surface area contributed by atoms with Crippen LogP contribution in [0.3, 0.4) is 0 Å². The molecule has 7 nitrogen and oxygen atoms in total. The van der Waals surface area contributed by atoms with E-state index >= 15 is 0 Å². The molecule has 2 aromatic rings. The highest BCUT2D eigenvalue weighted by Gasteiger charge is 2.23. The van der Waals surface area contributed by atoms with Gasteiger partial charge in [-0.1, -0.05) is 0 Å². The molecule has 1 aliphatic rings. The second-order valence-corrected chi connectivity index (χ2v) is 5.67. The third kappa shape index (κ3) is 2.65. The van der Waals surface area contributed by atoms with E-state index in [1.165, 1.54) is 0 Å². The Morgan fingerprint density at radius 1 is 1.48 bits per heavy atom. The number of nitrogens with two attached hydrogens (primary N) is 1. The topological polar surface area (TPSA) is 92.6 Å². The maximum absolute atomic E-state index is 12.1. The lowest BCUT2D eigenvalue weighted by molar-refractivity contribution is -0.534. The van der Waals surface area contributed by atoms with Crippen LogP contribution < -0.4 is 11.4 Å². The summed E-state index contributed by atoms with van der Waals surface area (Å²) in [5.74, 6) is 1.32. The number of hydrogen-bond donors (Lipinski definition) is 2. The van der Waals surface area contributed by atoms with Gasteiger partial charge in [-0.15, -0.1) is 0 Å². The van der Waals surface area contributed by atoms with Crippen molar-refractivity contribution in [2.45, 2.75) is 26.3 Å². The summed E-state index contributed by atoms with van der Waals surface area (Å²) in [5, 5.41) is 0. The summed E-state index contributed by atoms with van der Waals surface area (Å²) in [5.41, 5.74) is 8.39. The molecule has 0 radical (unpaired) electrons. The predicted octanol–water partition coefficient (Wildman–Crippen LogP) is 0.700. The van der Waals surface area contributed by atoms with E-state index < -0.39 is 0 Å². The van der Waals surface area contributed by atoms with E-state index in [0.717, 1.165) is 25.9 Å². The first-order chi connectivity index (χ1) is 10.1. The van der Waals surface area contributed by atoms with E-state index in [1.807, 2.05) is 0 Å². The number of halogens is 1. The maximum atomic E-state index is 12.1. The van der Waals surface area contributed by atoms with Crippen LogP contribution in [0.2, 0.25) is 0 Å². The summed E-state index contributed by atoms with van der Waals surface area (Å²) in [4.78, 5) is 23.3. The van der Waals surface area contributed by atoms with E-state index in [9.17, 15) is 4.79 Å². The molecule has 0 amide bonds. The minimum Gasteiger partial charge on any atom is -0.382 e. The van der Waals surface area contributed by atoms with Gasteiger partial charge in [0.25, 0.3) is 0 Å². The predicted molar refractivity (Wildman–Crippen MR) is 81.9 cm³/mol. The molecule has 3 rings (SSSR count). The average Bonchev–Trinajstić information content (AvgIpc) is 2.77. The molecule has 1 aliphatic heterocycles. The standard InChI is InChI=1S/C13H17ClN6O/c1-8-16-11(15)10-12(17-8)20(13(21)18-10)6-9-2-4-19(7-14)5-3-9/h7,9H,2-6H2,1H3,(H2-,15,16,17,18,21)/p+1. The summed E-state index contributed by atoms with van der Waals surface area (Å²) in [6, 6.07) is 0. The van der Waals surface area contributed by atoms with E-state index in [-0.39, 0.29) is 5.69 Å². The minimum atomic E-state index is -0.178. The fourth-order valence-electron chi connectivity index (χ4n) is 2.83. The van der Waals surface area contributed by atoms with Crippen molar-refractivity contribution in [1.29, 1.82) is 0 Å². The molecule has 0 atom stereocenters. The Hall–Kier alpha value is -1.89. The van der Waals surface area contributed by atoms with Gasteiger partial charge < -0.3 is 10.7 Å². The minimum absolute atomic E-state index is 0.178. The first-order valence-corrected chi connectivity index (χ1v) is 7.42. The Balaban J connectivity index is 1.91. The molecule has 0 aromatic carbocycles. The number of aryl methyl sites for hydroxylation is 1. The SMILES string of the molecule is Cc1nc(N)c2[nH]c(=O)n(CC3CC[N+](=CCl)CC3)c2n1. The second kappa shape index (κ2) is 5.48.